The lowest BCUT2D eigenvalue weighted by Crippen LogP contribution is -2.23. The lowest BCUT2D eigenvalue weighted by Gasteiger charge is -2.18. The summed E-state index contributed by atoms with van der Waals surface area (Å²) in [6.07, 6.45) is 1.60. The van der Waals surface area contributed by atoms with Crippen molar-refractivity contribution in [2.24, 2.45) is 5.14 Å². The number of sulfonamides is 1. The van der Waals surface area contributed by atoms with Gasteiger partial charge < -0.3 is 0 Å². The van der Waals surface area contributed by atoms with Gasteiger partial charge in [0.1, 0.15) is 0 Å². The SMILES string of the molecule is CC(C)(C)n1ccc(S(N)(=O)=O)n1. The van der Waals surface area contributed by atoms with E-state index in [1.54, 1.807) is 10.9 Å². The molecule has 5 nitrogen and oxygen atoms in total. The van der Waals surface area contributed by atoms with Crippen molar-refractivity contribution in [3.8, 4) is 0 Å². The molecule has 0 fully saturated rings. The minimum absolute atomic E-state index is 0.0950. The van der Waals surface area contributed by atoms with Crippen LogP contribution in [0.1, 0.15) is 20.8 Å². The molecule has 0 amide bonds. The van der Waals surface area contributed by atoms with Crippen molar-refractivity contribution in [2.45, 2.75) is 31.3 Å². The van der Waals surface area contributed by atoms with Crippen molar-refractivity contribution in [3.05, 3.63) is 12.3 Å². The number of primary sulfonamides is 1. The van der Waals surface area contributed by atoms with E-state index >= 15 is 0 Å². The Morgan fingerprint density at radius 3 is 2.23 bits per heavy atom. The molecule has 6 heteroatoms. The predicted molar refractivity (Wildman–Crippen MR) is 48.6 cm³/mol. The van der Waals surface area contributed by atoms with Gasteiger partial charge in [0, 0.05) is 6.20 Å². The molecule has 0 spiro atoms. The molecule has 0 atom stereocenters. The van der Waals surface area contributed by atoms with Crippen LogP contribution in [0.3, 0.4) is 0 Å². The standard InChI is InChI=1S/C7H13N3O2S/c1-7(2,3)10-5-4-6(9-10)13(8,11)12/h4-5H,1-3H3,(H2,8,11,12). The van der Waals surface area contributed by atoms with Crippen LogP contribution in [0.4, 0.5) is 0 Å². The molecule has 2 N–H and O–H groups in total. The van der Waals surface area contributed by atoms with Crippen LogP contribution in [-0.2, 0) is 15.6 Å². The molecule has 0 unspecified atom stereocenters. The van der Waals surface area contributed by atoms with E-state index in [1.807, 2.05) is 20.8 Å². The monoisotopic (exact) mass is 203 g/mol. The van der Waals surface area contributed by atoms with E-state index in [0.717, 1.165) is 0 Å². The number of nitrogens with zero attached hydrogens (tertiary/aromatic N) is 2. The highest BCUT2D eigenvalue weighted by molar-refractivity contribution is 7.89. The highest BCUT2D eigenvalue weighted by Crippen LogP contribution is 2.13. The Labute approximate surface area is 77.6 Å². The molecule has 74 valence electrons. The maximum absolute atomic E-state index is 10.9. The van der Waals surface area contributed by atoms with Gasteiger partial charge >= 0.3 is 0 Å². The van der Waals surface area contributed by atoms with Crippen LogP contribution >= 0.6 is 0 Å². The van der Waals surface area contributed by atoms with E-state index < -0.39 is 10.0 Å². The van der Waals surface area contributed by atoms with Gasteiger partial charge in [-0.25, -0.2) is 13.6 Å². The summed E-state index contributed by atoms with van der Waals surface area (Å²) >= 11 is 0. The highest BCUT2D eigenvalue weighted by Gasteiger charge is 2.17. The van der Waals surface area contributed by atoms with Gasteiger partial charge in [-0.15, -0.1) is 0 Å². The van der Waals surface area contributed by atoms with Crippen LogP contribution in [0.5, 0.6) is 0 Å². The molecule has 0 radical (unpaired) electrons. The van der Waals surface area contributed by atoms with Crippen molar-refractivity contribution in [1.29, 1.82) is 0 Å². The van der Waals surface area contributed by atoms with Gasteiger partial charge in [0.2, 0.25) is 0 Å². The zero-order valence-electron chi connectivity index (χ0n) is 7.85. The third-order valence-corrected chi connectivity index (χ3v) is 2.34. The Morgan fingerprint density at radius 2 is 2.00 bits per heavy atom. The van der Waals surface area contributed by atoms with E-state index in [4.69, 9.17) is 5.14 Å². The minimum atomic E-state index is -3.67. The average molecular weight is 203 g/mol. The fourth-order valence-corrected chi connectivity index (χ4v) is 1.28. The second-order valence-corrected chi connectivity index (χ2v) is 5.32. The third-order valence-electron chi connectivity index (χ3n) is 1.54. The van der Waals surface area contributed by atoms with Gasteiger partial charge in [-0.2, -0.15) is 5.10 Å². The summed E-state index contributed by atoms with van der Waals surface area (Å²) in [6.45, 7) is 5.77. The number of rotatable bonds is 1. The van der Waals surface area contributed by atoms with E-state index in [-0.39, 0.29) is 10.6 Å². The lowest BCUT2D eigenvalue weighted by atomic mass is 10.1. The van der Waals surface area contributed by atoms with Gasteiger partial charge in [-0.3, -0.25) is 4.68 Å². The zero-order chi connectivity index (χ0) is 10.3. The maximum atomic E-state index is 10.9. The van der Waals surface area contributed by atoms with Crippen LogP contribution in [0.25, 0.3) is 0 Å². The predicted octanol–water partition coefficient (Wildman–Crippen LogP) is 0.286. The lowest BCUT2D eigenvalue weighted by molar-refractivity contribution is 0.349. The van der Waals surface area contributed by atoms with Gasteiger partial charge in [0.05, 0.1) is 5.54 Å². The number of nitrogens with two attached hydrogens (primary N) is 1. The van der Waals surface area contributed by atoms with Gasteiger partial charge in [-0.1, -0.05) is 0 Å². The quantitative estimate of drug-likeness (QED) is 0.712. The Hall–Kier alpha value is -0.880. The van der Waals surface area contributed by atoms with Crippen molar-refractivity contribution in [3.63, 3.8) is 0 Å². The fraction of sp³-hybridized carbons (Fsp3) is 0.571. The molecule has 0 aliphatic carbocycles. The van der Waals surface area contributed by atoms with E-state index in [1.165, 1.54) is 6.07 Å². The van der Waals surface area contributed by atoms with Crippen LogP contribution < -0.4 is 5.14 Å². The number of hydrogen-bond acceptors (Lipinski definition) is 3. The molecule has 0 saturated carbocycles. The number of aromatic nitrogens is 2. The van der Waals surface area contributed by atoms with Crippen LogP contribution in [-0.4, -0.2) is 18.2 Å². The Kier molecular flexibility index (Phi) is 2.21. The first-order valence-electron chi connectivity index (χ1n) is 3.80. The average Bonchev–Trinajstić information content (AvgIpc) is 2.28. The molecule has 1 aromatic heterocycles. The normalized spacial score (nSPS) is 13.2. The van der Waals surface area contributed by atoms with E-state index in [9.17, 15) is 8.42 Å². The molecule has 0 aromatic carbocycles. The molecule has 1 rings (SSSR count). The molecular formula is C7H13N3O2S. The van der Waals surface area contributed by atoms with Gasteiger partial charge in [0.25, 0.3) is 10.0 Å². The van der Waals surface area contributed by atoms with Crippen molar-refractivity contribution in [1.82, 2.24) is 9.78 Å². The summed E-state index contributed by atoms with van der Waals surface area (Å²) < 4.78 is 23.3. The largest absolute Gasteiger partial charge is 0.266 e. The van der Waals surface area contributed by atoms with E-state index in [2.05, 4.69) is 5.10 Å². The number of hydrogen-bond donors (Lipinski definition) is 1. The van der Waals surface area contributed by atoms with Crippen molar-refractivity contribution >= 4 is 10.0 Å². The first-order valence-corrected chi connectivity index (χ1v) is 5.35. The first-order chi connectivity index (χ1) is 5.71. The molecule has 0 aliphatic rings. The Morgan fingerprint density at radius 1 is 1.46 bits per heavy atom. The topological polar surface area (TPSA) is 78.0 Å². The van der Waals surface area contributed by atoms with Crippen LogP contribution in [0.15, 0.2) is 17.3 Å². The molecule has 1 aromatic rings. The third kappa shape index (κ3) is 2.28. The summed E-state index contributed by atoms with van der Waals surface area (Å²) in [5, 5.41) is 8.67. The molecule has 0 saturated heterocycles. The van der Waals surface area contributed by atoms with Crippen LogP contribution in [0.2, 0.25) is 0 Å². The zero-order valence-corrected chi connectivity index (χ0v) is 8.67. The Bertz CT molecular complexity index is 400. The summed E-state index contributed by atoms with van der Waals surface area (Å²) in [5.41, 5.74) is -0.233. The van der Waals surface area contributed by atoms with Crippen molar-refractivity contribution < 1.29 is 8.42 Å². The smallest absolute Gasteiger partial charge is 0.257 e. The second kappa shape index (κ2) is 2.81. The molecule has 0 aliphatic heterocycles. The summed E-state index contributed by atoms with van der Waals surface area (Å²) in [7, 11) is -3.67. The molecule has 0 bridgehead atoms. The van der Waals surface area contributed by atoms with Crippen molar-refractivity contribution in [2.75, 3.05) is 0 Å². The molecular weight excluding hydrogens is 190 g/mol. The van der Waals surface area contributed by atoms with Gasteiger partial charge in [0.15, 0.2) is 5.03 Å². The molecule has 1 heterocycles. The summed E-state index contributed by atoms with van der Waals surface area (Å²) in [6, 6.07) is 1.39. The minimum Gasteiger partial charge on any atom is -0.266 e. The first kappa shape index (κ1) is 10.2. The maximum Gasteiger partial charge on any atom is 0.257 e. The second-order valence-electron chi connectivity index (χ2n) is 3.81. The summed E-state index contributed by atoms with van der Waals surface area (Å²) in [5.74, 6) is 0. The van der Waals surface area contributed by atoms with Crippen LogP contribution in [0, 0.1) is 0 Å². The highest BCUT2D eigenvalue weighted by atomic mass is 32.2. The fourth-order valence-electron chi connectivity index (χ4n) is 0.833. The van der Waals surface area contributed by atoms with Gasteiger partial charge in [-0.05, 0) is 26.8 Å². The van der Waals surface area contributed by atoms with E-state index in [0.29, 0.717) is 0 Å². The molecule has 13 heavy (non-hydrogen) atoms. The Balaban J connectivity index is 3.16. The summed E-state index contributed by atoms with van der Waals surface area (Å²) in [4.78, 5) is 0.